The largest absolute Gasteiger partial charge is 0.484 e. The van der Waals surface area contributed by atoms with E-state index >= 15 is 0 Å². The summed E-state index contributed by atoms with van der Waals surface area (Å²) in [6.07, 6.45) is 0. The fourth-order valence-electron chi connectivity index (χ4n) is 1.93. The van der Waals surface area contributed by atoms with Crippen molar-refractivity contribution in [3.8, 4) is 5.75 Å². The van der Waals surface area contributed by atoms with Gasteiger partial charge in [-0.1, -0.05) is 44.5 Å². The molecule has 0 spiro atoms. The number of halogens is 1. The van der Waals surface area contributed by atoms with E-state index < -0.39 is 0 Å². The van der Waals surface area contributed by atoms with Crippen LogP contribution in [0.1, 0.15) is 26.3 Å². The summed E-state index contributed by atoms with van der Waals surface area (Å²) in [5, 5.41) is 3.39. The molecule has 116 valence electrons. The molecule has 0 heterocycles. The van der Waals surface area contributed by atoms with Gasteiger partial charge >= 0.3 is 0 Å². The first-order chi connectivity index (χ1) is 10.3. The van der Waals surface area contributed by atoms with Gasteiger partial charge in [0.05, 0.1) is 0 Å². The van der Waals surface area contributed by atoms with Gasteiger partial charge in [-0.25, -0.2) is 0 Å². The third-order valence-corrected chi connectivity index (χ3v) is 3.47. The van der Waals surface area contributed by atoms with Crippen molar-refractivity contribution in [1.82, 2.24) is 0 Å². The van der Waals surface area contributed by atoms with E-state index in [2.05, 4.69) is 26.1 Å². The maximum atomic E-state index is 11.8. The minimum atomic E-state index is -0.206. The van der Waals surface area contributed by atoms with E-state index in [0.29, 0.717) is 16.5 Å². The van der Waals surface area contributed by atoms with Gasteiger partial charge in [0, 0.05) is 10.7 Å². The van der Waals surface area contributed by atoms with Crippen LogP contribution in [-0.4, -0.2) is 12.5 Å². The van der Waals surface area contributed by atoms with Gasteiger partial charge in [0.25, 0.3) is 5.91 Å². The Kier molecular flexibility index (Phi) is 5.09. The Bertz CT molecular complexity index is 628. The molecule has 2 aromatic rings. The van der Waals surface area contributed by atoms with Crippen molar-refractivity contribution in [1.29, 1.82) is 0 Å². The normalized spacial score (nSPS) is 11.1. The second kappa shape index (κ2) is 6.84. The monoisotopic (exact) mass is 317 g/mol. The number of hydrogen-bond donors (Lipinski definition) is 1. The van der Waals surface area contributed by atoms with Crippen molar-refractivity contribution >= 4 is 23.2 Å². The molecule has 0 aliphatic rings. The van der Waals surface area contributed by atoms with Gasteiger partial charge in [-0.15, -0.1) is 0 Å². The first kappa shape index (κ1) is 16.4. The molecule has 1 N–H and O–H groups in total. The number of carbonyl (C=O) groups excluding carboxylic acids is 1. The van der Waals surface area contributed by atoms with E-state index in [4.69, 9.17) is 16.3 Å². The highest BCUT2D eigenvalue weighted by Gasteiger charge is 2.13. The van der Waals surface area contributed by atoms with Crippen molar-refractivity contribution < 1.29 is 9.53 Å². The molecular weight excluding hydrogens is 298 g/mol. The first-order valence-corrected chi connectivity index (χ1v) is 7.51. The molecule has 0 unspecified atom stereocenters. The van der Waals surface area contributed by atoms with Gasteiger partial charge in [0.15, 0.2) is 6.61 Å². The number of rotatable bonds is 4. The highest BCUT2D eigenvalue weighted by Crippen LogP contribution is 2.24. The zero-order valence-electron chi connectivity index (χ0n) is 13.0. The van der Waals surface area contributed by atoms with Crippen molar-refractivity contribution in [2.45, 2.75) is 26.2 Å². The molecule has 0 aliphatic carbocycles. The Hall–Kier alpha value is -2.00. The van der Waals surface area contributed by atoms with Crippen molar-refractivity contribution in [2.24, 2.45) is 0 Å². The number of ether oxygens (including phenoxy) is 1. The molecule has 0 aromatic heterocycles. The van der Waals surface area contributed by atoms with Crippen LogP contribution in [-0.2, 0) is 10.2 Å². The van der Waals surface area contributed by atoms with E-state index in [1.807, 2.05) is 24.3 Å². The quantitative estimate of drug-likeness (QED) is 0.891. The molecule has 0 saturated heterocycles. The van der Waals surface area contributed by atoms with Gasteiger partial charge in [-0.2, -0.15) is 0 Å². The minimum absolute atomic E-state index is 0.0303. The predicted molar refractivity (Wildman–Crippen MR) is 90.7 cm³/mol. The van der Waals surface area contributed by atoms with E-state index in [-0.39, 0.29) is 17.9 Å². The van der Waals surface area contributed by atoms with Crippen LogP contribution in [0.3, 0.4) is 0 Å². The maximum absolute atomic E-state index is 11.8. The van der Waals surface area contributed by atoms with Gasteiger partial charge in [-0.05, 0) is 47.4 Å². The number of hydrogen-bond acceptors (Lipinski definition) is 2. The van der Waals surface area contributed by atoms with Crippen LogP contribution in [0.2, 0.25) is 5.02 Å². The molecule has 2 aromatic carbocycles. The average molecular weight is 318 g/mol. The SMILES string of the molecule is CC(C)(C)c1ccc(OCC(=O)Nc2ccc(Cl)cc2)cc1. The Morgan fingerprint density at radius 2 is 1.64 bits per heavy atom. The lowest BCUT2D eigenvalue weighted by Crippen LogP contribution is -2.20. The van der Waals surface area contributed by atoms with Gasteiger partial charge in [0.1, 0.15) is 5.75 Å². The summed E-state index contributed by atoms with van der Waals surface area (Å²) >= 11 is 5.80. The number of carbonyl (C=O) groups is 1. The molecule has 0 saturated carbocycles. The maximum Gasteiger partial charge on any atom is 0.262 e. The number of anilines is 1. The van der Waals surface area contributed by atoms with Crippen molar-refractivity contribution in [3.05, 3.63) is 59.1 Å². The summed E-state index contributed by atoms with van der Waals surface area (Å²) in [6.45, 7) is 6.44. The first-order valence-electron chi connectivity index (χ1n) is 7.13. The molecule has 3 nitrogen and oxygen atoms in total. The van der Waals surface area contributed by atoms with Crippen LogP contribution >= 0.6 is 11.6 Å². The number of nitrogens with one attached hydrogen (secondary N) is 1. The summed E-state index contributed by atoms with van der Waals surface area (Å²) in [5.41, 5.74) is 2.02. The third-order valence-electron chi connectivity index (χ3n) is 3.22. The van der Waals surface area contributed by atoms with Crippen molar-refractivity contribution in [2.75, 3.05) is 11.9 Å². The fourth-order valence-corrected chi connectivity index (χ4v) is 2.06. The highest BCUT2D eigenvalue weighted by molar-refractivity contribution is 6.30. The zero-order chi connectivity index (χ0) is 16.2. The summed E-state index contributed by atoms with van der Waals surface area (Å²) in [4.78, 5) is 11.8. The summed E-state index contributed by atoms with van der Waals surface area (Å²) in [6, 6.07) is 14.8. The molecular formula is C18H20ClNO2. The van der Waals surface area contributed by atoms with Crippen LogP contribution in [0.5, 0.6) is 5.75 Å². The lowest BCUT2D eigenvalue weighted by atomic mass is 9.87. The Balaban J connectivity index is 1.87. The van der Waals surface area contributed by atoms with Crippen LogP contribution in [0.25, 0.3) is 0 Å². The van der Waals surface area contributed by atoms with E-state index in [1.165, 1.54) is 5.56 Å². The fraction of sp³-hybridized carbons (Fsp3) is 0.278. The summed E-state index contributed by atoms with van der Waals surface area (Å²) < 4.78 is 5.49. The Morgan fingerprint density at radius 1 is 1.05 bits per heavy atom. The van der Waals surface area contributed by atoms with E-state index in [9.17, 15) is 4.79 Å². The second-order valence-electron chi connectivity index (χ2n) is 6.12. The number of benzene rings is 2. The third kappa shape index (κ3) is 4.78. The molecule has 0 radical (unpaired) electrons. The standard InChI is InChI=1S/C18H20ClNO2/c1-18(2,3)13-4-10-16(11-5-13)22-12-17(21)20-15-8-6-14(19)7-9-15/h4-11H,12H2,1-3H3,(H,20,21). The van der Waals surface area contributed by atoms with Crippen LogP contribution in [0, 0.1) is 0 Å². The molecule has 0 atom stereocenters. The minimum Gasteiger partial charge on any atom is -0.484 e. The highest BCUT2D eigenvalue weighted by atomic mass is 35.5. The van der Waals surface area contributed by atoms with Gasteiger partial charge < -0.3 is 10.1 Å². The topological polar surface area (TPSA) is 38.3 Å². The zero-order valence-corrected chi connectivity index (χ0v) is 13.8. The molecule has 22 heavy (non-hydrogen) atoms. The predicted octanol–water partition coefficient (Wildman–Crippen LogP) is 4.66. The molecule has 2 rings (SSSR count). The summed E-state index contributed by atoms with van der Waals surface area (Å²) in [5.74, 6) is 0.474. The Labute approximate surface area is 136 Å². The Morgan fingerprint density at radius 3 is 2.18 bits per heavy atom. The molecule has 0 bridgehead atoms. The molecule has 0 aliphatic heterocycles. The number of amides is 1. The second-order valence-corrected chi connectivity index (χ2v) is 6.55. The van der Waals surface area contributed by atoms with Crippen LogP contribution < -0.4 is 10.1 Å². The van der Waals surface area contributed by atoms with Crippen LogP contribution in [0.15, 0.2) is 48.5 Å². The molecule has 1 amide bonds. The lowest BCUT2D eigenvalue weighted by molar-refractivity contribution is -0.118. The van der Waals surface area contributed by atoms with Crippen LogP contribution in [0.4, 0.5) is 5.69 Å². The lowest BCUT2D eigenvalue weighted by Gasteiger charge is -2.19. The smallest absolute Gasteiger partial charge is 0.262 e. The average Bonchev–Trinajstić information content (AvgIpc) is 2.47. The summed E-state index contributed by atoms with van der Waals surface area (Å²) in [7, 11) is 0. The van der Waals surface area contributed by atoms with E-state index in [1.54, 1.807) is 24.3 Å². The van der Waals surface area contributed by atoms with Gasteiger partial charge in [0.2, 0.25) is 0 Å². The van der Waals surface area contributed by atoms with Gasteiger partial charge in [-0.3, -0.25) is 4.79 Å². The molecule has 0 fully saturated rings. The van der Waals surface area contributed by atoms with Crippen molar-refractivity contribution in [3.63, 3.8) is 0 Å². The molecule has 4 heteroatoms. The van der Waals surface area contributed by atoms with E-state index in [0.717, 1.165) is 0 Å².